The van der Waals surface area contributed by atoms with E-state index in [1.165, 1.54) is 0 Å². The van der Waals surface area contributed by atoms with Crippen LogP contribution in [0.1, 0.15) is 25.0 Å². The average molecular weight is 292 g/mol. The second kappa shape index (κ2) is 5.82. The first kappa shape index (κ1) is 14.8. The highest BCUT2D eigenvalue weighted by Crippen LogP contribution is 2.27. The molecule has 2 atom stereocenters. The summed E-state index contributed by atoms with van der Waals surface area (Å²) in [6.07, 6.45) is -1.46. The highest BCUT2D eigenvalue weighted by Gasteiger charge is 2.34. The average Bonchev–Trinajstić information content (AvgIpc) is 2.97. The van der Waals surface area contributed by atoms with E-state index in [0.717, 1.165) is 29.8 Å². The standard InChI is InChI=1S/C12H15F3N2O3/c1-19-8-3-2-4-9(8)20-11(18)7-17-6-5-10(16-17)12(13,14)15/h5-6,8-9H,2-4,7H2,1H3/t8-,9-/m1/s1. The lowest BCUT2D eigenvalue weighted by atomic mass is 10.2. The molecule has 2 rings (SSSR count). The van der Waals surface area contributed by atoms with Gasteiger partial charge in [0.05, 0.1) is 6.10 Å². The molecule has 0 spiro atoms. The van der Waals surface area contributed by atoms with Crippen molar-refractivity contribution in [3.8, 4) is 0 Å². The third-order valence-electron chi connectivity index (χ3n) is 3.20. The molecular formula is C12H15F3N2O3. The quantitative estimate of drug-likeness (QED) is 0.797. The zero-order chi connectivity index (χ0) is 14.8. The molecule has 1 heterocycles. The molecule has 0 bridgehead atoms. The number of alkyl halides is 3. The van der Waals surface area contributed by atoms with Crippen LogP contribution in [0, 0.1) is 0 Å². The Morgan fingerprint density at radius 3 is 2.75 bits per heavy atom. The summed E-state index contributed by atoms with van der Waals surface area (Å²) in [6.45, 7) is -0.344. The number of rotatable bonds is 4. The SMILES string of the molecule is CO[C@@H]1CCC[C@H]1OC(=O)Cn1ccc(C(F)(F)F)n1. The highest BCUT2D eigenvalue weighted by molar-refractivity contribution is 5.69. The van der Waals surface area contributed by atoms with Gasteiger partial charge < -0.3 is 9.47 Å². The summed E-state index contributed by atoms with van der Waals surface area (Å²) in [6, 6.07) is 0.820. The number of aromatic nitrogens is 2. The topological polar surface area (TPSA) is 53.4 Å². The lowest BCUT2D eigenvalue weighted by Gasteiger charge is -2.18. The summed E-state index contributed by atoms with van der Waals surface area (Å²) >= 11 is 0. The Kier molecular flexibility index (Phi) is 4.32. The van der Waals surface area contributed by atoms with E-state index in [9.17, 15) is 18.0 Å². The van der Waals surface area contributed by atoms with Crippen molar-refractivity contribution in [2.45, 2.75) is 44.2 Å². The number of carbonyl (C=O) groups is 1. The van der Waals surface area contributed by atoms with E-state index >= 15 is 0 Å². The van der Waals surface area contributed by atoms with Gasteiger partial charge in [-0.3, -0.25) is 9.48 Å². The monoisotopic (exact) mass is 292 g/mol. The third-order valence-corrected chi connectivity index (χ3v) is 3.20. The maximum absolute atomic E-state index is 12.4. The fraction of sp³-hybridized carbons (Fsp3) is 0.667. The molecule has 1 aromatic rings. The lowest BCUT2D eigenvalue weighted by Crippen LogP contribution is -2.29. The molecule has 1 aliphatic carbocycles. The summed E-state index contributed by atoms with van der Waals surface area (Å²) in [5.41, 5.74) is -1.03. The van der Waals surface area contributed by atoms with Gasteiger partial charge >= 0.3 is 12.1 Å². The van der Waals surface area contributed by atoms with Gasteiger partial charge in [-0.2, -0.15) is 18.3 Å². The van der Waals surface area contributed by atoms with Crippen LogP contribution in [0.5, 0.6) is 0 Å². The molecule has 0 N–H and O–H groups in total. The normalized spacial score (nSPS) is 23.0. The molecule has 1 fully saturated rings. The van der Waals surface area contributed by atoms with E-state index in [1.54, 1.807) is 7.11 Å². The molecule has 0 aliphatic heterocycles. The third kappa shape index (κ3) is 3.50. The molecule has 0 radical (unpaired) electrons. The minimum atomic E-state index is -4.51. The smallest absolute Gasteiger partial charge is 0.435 e. The number of ether oxygens (including phenoxy) is 2. The molecule has 20 heavy (non-hydrogen) atoms. The first-order valence-electron chi connectivity index (χ1n) is 6.23. The van der Waals surface area contributed by atoms with Crippen molar-refractivity contribution in [3.05, 3.63) is 18.0 Å². The zero-order valence-corrected chi connectivity index (χ0v) is 10.9. The Balaban J connectivity index is 1.90. The minimum absolute atomic E-state index is 0.137. The molecule has 1 aliphatic rings. The van der Waals surface area contributed by atoms with Crippen molar-refractivity contribution in [3.63, 3.8) is 0 Å². The number of hydrogen-bond acceptors (Lipinski definition) is 4. The molecule has 0 unspecified atom stereocenters. The van der Waals surface area contributed by atoms with Crippen LogP contribution in [0.4, 0.5) is 13.2 Å². The summed E-state index contributed by atoms with van der Waals surface area (Å²) in [5, 5.41) is 3.29. The Morgan fingerprint density at radius 1 is 1.45 bits per heavy atom. The molecule has 5 nitrogen and oxygen atoms in total. The van der Waals surface area contributed by atoms with Gasteiger partial charge in [-0.1, -0.05) is 0 Å². The number of halogens is 3. The number of hydrogen-bond donors (Lipinski definition) is 0. The van der Waals surface area contributed by atoms with Crippen LogP contribution in [-0.4, -0.2) is 35.1 Å². The summed E-state index contributed by atoms with van der Waals surface area (Å²) < 4.78 is 48.4. The highest BCUT2D eigenvalue weighted by atomic mass is 19.4. The van der Waals surface area contributed by atoms with Crippen LogP contribution in [0.15, 0.2) is 12.3 Å². The lowest BCUT2D eigenvalue weighted by molar-refractivity contribution is -0.155. The van der Waals surface area contributed by atoms with Crippen molar-refractivity contribution in [2.75, 3.05) is 7.11 Å². The predicted molar refractivity (Wildman–Crippen MR) is 61.8 cm³/mol. The Bertz CT molecular complexity index is 473. The molecule has 112 valence electrons. The molecule has 8 heteroatoms. The van der Waals surface area contributed by atoms with Crippen molar-refractivity contribution in [2.24, 2.45) is 0 Å². The van der Waals surface area contributed by atoms with Gasteiger partial charge in [0, 0.05) is 13.3 Å². The van der Waals surface area contributed by atoms with E-state index < -0.39 is 17.8 Å². The fourth-order valence-corrected chi connectivity index (χ4v) is 2.24. The number of carbonyl (C=O) groups excluding carboxylic acids is 1. The van der Waals surface area contributed by atoms with Crippen molar-refractivity contribution in [1.29, 1.82) is 0 Å². The van der Waals surface area contributed by atoms with Gasteiger partial charge in [0.1, 0.15) is 12.6 Å². The van der Waals surface area contributed by atoms with E-state index in [0.29, 0.717) is 6.42 Å². The first-order chi connectivity index (χ1) is 9.40. The molecule has 0 amide bonds. The molecule has 1 aromatic heterocycles. The van der Waals surface area contributed by atoms with Crippen LogP contribution in [-0.2, 0) is 27.0 Å². The number of esters is 1. The van der Waals surface area contributed by atoms with Gasteiger partial charge in [0.2, 0.25) is 0 Å². The van der Waals surface area contributed by atoms with E-state index in [1.807, 2.05) is 0 Å². The van der Waals surface area contributed by atoms with Gasteiger partial charge in [-0.25, -0.2) is 0 Å². The molecule has 0 saturated heterocycles. The molecule has 1 saturated carbocycles. The fourth-order valence-electron chi connectivity index (χ4n) is 2.24. The second-order valence-corrected chi connectivity index (χ2v) is 4.63. The van der Waals surface area contributed by atoms with Crippen LogP contribution < -0.4 is 0 Å². The van der Waals surface area contributed by atoms with Crippen molar-refractivity contribution in [1.82, 2.24) is 9.78 Å². The molecule has 0 aromatic carbocycles. The number of methoxy groups -OCH3 is 1. The Morgan fingerprint density at radius 2 is 2.15 bits per heavy atom. The number of nitrogens with zero attached hydrogens (tertiary/aromatic N) is 2. The Hall–Kier alpha value is -1.57. The van der Waals surface area contributed by atoms with E-state index in [-0.39, 0.29) is 18.8 Å². The first-order valence-corrected chi connectivity index (χ1v) is 6.23. The minimum Gasteiger partial charge on any atom is -0.458 e. The van der Waals surface area contributed by atoms with Gasteiger partial charge in [-0.05, 0) is 25.3 Å². The van der Waals surface area contributed by atoms with Gasteiger partial charge in [0.15, 0.2) is 5.69 Å². The zero-order valence-electron chi connectivity index (χ0n) is 10.9. The van der Waals surface area contributed by atoms with Crippen LogP contribution in [0.3, 0.4) is 0 Å². The van der Waals surface area contributed by atoms with Crippen LogP contribution in [0.25, 0.3) is 0 Å². The summed E-state index contributed by atoms with van der Waals surface area (Å²) in [5.74, 6) is -0.615. The maximum Gasteiger partial charge on any atom is 0.435 e. The van der Waals surface area contributed by atoms with Crippen molar-refractivity contribution >= 4 is 5.97 Å². The largest absolute Gasteiger partial charge is 0.458 e. The molecular weight excluding hydrogens is 277 g/mol. The van der Waals surface area contributed by atoms with Crippen molar-refractivity contribution < 1.29 is 27.4 Å². The van der Waals surface area contributed by atoms with Crippen LogP contribution >= 0.6 is 0 Å². The van der Waals surface area contributed by atoms with E-state index in [2.05, 4.69) is 5.10 Å². The van der Waals surface area contributed by atoms with Crippen LogP contribution in [0.2, 0.25) is 0 Å². The summed E-state index contributed by atoms with van der Waals surface area (Å²) in [7, 11) is 1.54. The predicted octanol–water partition coefficient (Wildman–Crippen LogP) is 2.01. The van der Waals surface area contributed by atoms with Gasteiger partial charge in [-0.15, -0.1) is 0 Å². The van der Waals surface area contributed by atoms with Gasteiger partial charge in [0.25, 0.3) is 0 Å². The summed E-state index contributed by atoms with van der Waals surface area (Å²) in [4.78, 5) is 11.7. The maximum atomic E-state index is 12.4. The van der Waals surface area contributed by atoms with E-state index in [4.69, 9.17) is 9.47 Å². The second-order valence-electron chi connectivity index (χ2n) is 4.63. The Labute approximate surface area is 113 Å².